The van der Waals surface area contributed by atoms with Crippen molar-refractivity contribution in [1.82, 2.24) is 4.72 Å². The highest BCUT2D eigenvalue weighted by molar-refractivity contribution is 7.99. The molecule has 4 nitrogen and oxygen atoms in total. The van der Waals surface area contributed by atoms with Crippen LogP contribution < -0.4 is 10.5 Å². The maximum Gasteiger partial charge on any atom is 0.241 e. The molecule has 1 unspecified atom stereocenters. The number of nitrogens with two attached hydrogens (primary N) is 1. The molecule has 0 aliphatic rings. The highest BCUT2D eigenvalue weighted by atomic mass is 32.2. The smallest absolute Gasteiger partial charge is 0.241 e. The Hall–Kier alpha value is -0.0800. The molecule has 17 heavy (non-hydrogen) atoms. The van der Waals surface area contributed by atoms with E-state index in [-0.39, 0.29) is 6.54 Å². The van der Waals surface area contributed by atoms with Crippen LogP contribution in [0.1, 0.15) is 18.2 Å². The van der Waals surface area contributed by atoms with Crippen molar-refractivity contribution >= 4 is 33.1 Å². The third kappa shape index (κ3) is 4.26. The molecule has 1 aromatic heterocycles. The molecule has 0 aliphatic carbocycles. The van der Waals surface area contributed by atoms with Gasteiger partial charge in [0.25, 0.3) is 0 Å². The second-order valence-electron chi connectivity index (χ2n) is 3.64. The van der Waals surface area contributed by atoms with Crippen LogP contribution in [0.2, 0.25) is 0 Å². The number of nitrogens with one attached hydrogen (secondary N) is 1. The van der Waals surface area contributed by atoms with Crippen molar-refractivity contribution in [2.24, 2.45) is 5.73 Å². The van der Waals surface area contributed by atoms with Crippen LogP contribution in [0.3, 0.4) is 0 Å². The van der Waals surface area contributed by atoms with Crippen LogP contribution in [0.4, 0.5) is 0 Å². The monoisotopic (exact) mass is 294 g/mol. The fraction of sp³-hybridized carbons (Fsp3) is 0.600. The first kappa shape index (κ1) is 15.0. The Balaban J connectivity index is 2.63. The fourth-order valence-electron chi connectivity index (χ4n) is 1.31. The van der Waals surface area contributed by atoms with Gasteiger partial charge < -0.3 is 5.73 Å². The summed E-state index contributed by atoms with van der Waals surface area (Å²) in [6, 6.07) is 1.60. The summed E-state index contributed by atoms with van der Waals surface area (Å²) in [5, 5.41) is 2.20. The molecule has 7 heteroatoms. The number of thiophene rings is 1. The maximum absolute atomic E-state index is 12.0. The van der Waals surface area contributed by atoms with E-state index in [1.54, 1.807) is 23.2 Å². The summed E-state index contributed by atoms with van der Waals surface area (Å²) >= 11 is 3.10. The third-order valence-corrected chi connectivity index (χ3v) is 6.08. The Morgan fingerprint density at radius 1 is 1.59 bits per heavy atom. The molecule has 0 aromatic carbocycles. The van der Waals surface area contributed by atoms with E-state index in [0.29, 0.717) is 21.6 Å². The minimum Gasteiger partial charge on any atom is -0.326 e. The van der Waals surface area contributed by atoms with Crippen LogP contribution in [0.25, 0.3) is 0 Å². The van der Waals surface area contributed by atoms with E-state index in [1.807, 2.05) is 6.26 Å². The van der Waals surface area contributed by atoms with Crippen LogP contribution in [-0.2, 0) is 16.6 Å². The summed E-state index contributed by atoms with van der Waals surface area (Å²) in [4.78, 5) is 1.03. The minimum absolute atomic E-state index is 0.259. The Kier molecular flexibility index (Phi) is 5.94. The highest BCUT2D eigenvalue weighted by Crippen LogP contribution is 2.21. The third-order valence-electron chi connectivity index (χ3n) is 2.42. The summed E-state index contributed by atoms with van der Waals surface area (Å²) in [6.45, 7) is 2.80. The zero-order chi connectivity index (χ0) is 12.9. The summed E-state index contributed by atoms with van der Waals surface area (Å²) in [5.41, 5.74) is 5.51. The standard InChI is InChI=1S/C10H18N2O2S3/c1-8(15-2)3-5-12-17(13,14)10-4-6-16-9(10)7-11/h4,6,8,12H,3,5,7,11H2,1-2H3. The lowest BCUT2D eigenvalue weighted by Crippen LogP contribution is -2.26. The van der Waals surface area contributed by atoms with Gasteiger partial charge in [-0.2, -0.15) is 11.8 Å². The minimum atomic E-state index is -3.39. The fourth-order valence-corrected chi connectivity index (χ4v) is 4.04. The van der Waals surface area contributed by atoms with Crippen molar-refractivity contribution in [2.75, 3.05) is 12.8 Å². The predicted molar refractivity (Wildman–Crippen MR) is 75.0 cm³/mol. The lowest BCUT2D eigenvalue weighted by atomic mass is 10.3. The van der Waals surface area contributed by atoms with Gasteiger partial charge in [-0.25, -0.2) is 13.1 Å². The Morgan fingerprint density at radius 2 is 2.29 bits per heavy atom. The maximum atomic E-state index is 12.0. The van der Waals surface area contributed by atoms with Gasteiger partial charge in [0.2, 0.25) is 10.0 Å². The quantitative estimate of drug-likeness (QED) is 0.801. The second kappa shape index (κ2) is 6.75. The molecule has 0 aliphatic heterocycles. The average molecular weight is 294 g/mol. The van der Waals surface area contributed by atoms with E-state index in [1.165, 1.54) is 11.3 Å². The van der Waals surface area contributed by atoms with E-state index in [0.717, 1.165) is 6.42 Å². The molecule has 0 saturated carbocycles. The van der Waals surface area contributed by atoms with Gasteiger partial charge in [-0.3, -0.25) is 0 Å². The first-order chi connectivity index (χ1) is 8.01. The number of rotatable bonds is 7. The van der Waals surface area contributed by atoms with E-state index in [9.17, 15) is 8.42 Å². The number of sulfonamides is 1. The molecule has 1 heterocycles. The van der Waals surface area contributed by atoms with Crippen molar-refractivity contribution in [2.45, 2.75) is 30.0 Å². The number of thioether (sulfide) groups is 1. The molecule has 98 valence electrons. The average Bonchev–Trinajstić information content (AvgIpc) is 2.77. The number of hydrogen-bond donors (Lipinski definition) is 2. The molecule has 0 radical (unpaired) electrons. The Bertz CT molecular complexity index is 442. The number of hydrogen-bond acceptors (Lipinski definition) is 5. The normalized spacial score (nSPS) is 13.8. The highest BCUT2D eigenvalue weighted by Gasteiger charge is 2.18. The van der Waals surface area contributed by atoms with Crippen LogP contribution >= 0.6 is 23.1 Å². The first-order valence-corrected chi connectivity index (χ1v) is 8.95. The SMILES string of the molecule is CSC(C)CCNS(=O)(=O)c1ccsc1CN. The van der Waals surface area contributed by atoms with Gasteiger partial charge in [-0.05, 0) is 24.1 Å². The molecule has 0 saturated heterocycles. The van der Waals surface area contributed by atoms with Crippen LogP contribution in [0, 0.1) is 0 Å². The van der Waals surface area contributed by atoms with Gasteiger partial charge in [0, 0.05) is 23.2 Å². The van der Waals surface area contributed by atoms with Crippen molar-refractivity contribution in [1.29, 1.82) is 0 Å². The van der Waals surface area contributed by atoms with Crippen LogP contribution in [0.15, 0.2) is 16.3 Å². The molecule has 0 fully saturated rings. The van der Waals surface area contributed by atoms with Gasteiger partial charge in [-0.15, -0.1) is 11.3 Å². The first-order valence-electron chi connectivity index (χ1n) is 5.30. The summed E-state index contributed by atoms with van der Waals surface area (Å²) < 4.78 is 26.6. The molecule has 1 aromatic rings. The molecule has 0 spiro atoms. The molecule has 1 atom stereocenters. The van der Waals surface area contributed by atoms with Crippen molar-refractivity contribution in [3.63, 3.8) is 0 Å². The Labute approximate surface area is 111 Å². The lowest BCUT2D eigenvalue weighted by molar-refractivity contribution is 0.578. The van der Waals surface area contributed by atoms with E-state index in [2.05, 4.69) is 11.6 Å². The van der Waals surface area contributed by atoms with E-state index >= 15 is 0 Å². The zero-order valence-electron chi connectivity index (χ0n) is 9.97. The van der Waals surface area contributed by atoms with E-state index in [4.69, 9.17) is 5.73 Å². The van der Waals surface area contributed by atoms with Gasteiger partial charge in [0.15, 0.2) is 0 Å². The predicted octanol–water partition coefficient (Wildman–Crippen LogP) is 1.63. The zero-order valence-corrected chi connectivity index (χ0v) is 12.4. The van der Waals surface area contributed by atoms with Crippen LogP contribution in [-0.4, -0.2) is 26.5 Å². The van der Waals surface area contributed by atoms with Gasteiger partial charge in [0.1, 0.15) is 0 Å². The summed E-state index contributed by atoms with van der Waals surface area (Å²) in [6.07, 6.45) is 2.84. The molecular weight excluding hydrogens is 276 g/mol. The van der Waals surface area contributed by atoms with Gasteiger partial charge in [0.05, 0.1) is 4.90 Å². The molecule has 3 N–H and O–H groups in total. The van der Waals surface area contributed by atoms with Crippen molar-refractivity contribution < 1.29 is 8.42 Å². The largest absolute Gasteiger partial charge is 0.326 e. The molecule has 0 bridgehead atoms. The molecule has 0 amide bonds. The summed E-state index contributed by atoms with van der Waals surface area (Å²) in [7, 11) is -3.39. The summed E-state index contributed by atoms with van der Waals surface area (Å²) in [5.74, 6) is 0. The topological polar surface area (TPSA) is 72.2 Å². The molecular formula is C10H18N2O2S3. The lowest BCUT2D eigenvalue weighted by Gasteiger charge is -2.10. The van der Waals surface area contributed by atoms with Gasteiger partial charge >= 0.3 is 0 Å². The van der Waals surface area contributed by atoms with Crippen LogP contribution in [0.5, 0.6) is 0 Å². The second-order valence-corrected chi connectivity index (χ2v) is 7.66. The van der Waals surface area contributed by atoms with Crippen molar-refractivity contribution in [3.05, 3.63) is 16.3 Å². The van der Waals surface area contributed by atoms with Crippen molar-refractivity contribution in [3.8, 4) is 0 Å². The van der Waals surface area contributed by atoms with E-state index < -0.39 is 10.0 Å². The van der Waals surface area contributed by atoms with Gasteiger partial charge in [-0.1, -0.05) is 6.92 Å². The Morgan fingerprint density at radius 3 is 2.88 bits per heavy atom. The molecule has 1 rings (SSSR count).